The normalized spacial score (nSPS) is 10.2. The van der Waals surface area contributed by atoms with Gasteiger partial charge in [0.2, 0.25) is 0 Å². The predicted octanol–water partition coefficient (Wildman–Crippen LogP) is 1.91. The second-order valence-corrected chi connectivity index (χ2v) is 4.07. The van der Waals surface area contributed by atoms with E-state index in [2.05, 4.69) is 20.3 Å². The summed E-state index contributed by atoms with van der Waals surface area (Å²) in [6.45, 7) is 0. The Hall–Kier alpha value is -3.02. The average Bonchev–Trinajstić information content (AvgIpc) is 3.03. The Bertz CT molecular complexity index is 709. The van der Waals surface area contributed by atoms with Gasteiger partial charge in [0.15, 0.2) is 0 Å². The maximum Gasteiger partial charge on any atom is 0.275 e. The molecule has 0 fully saturated rings. The van der Waals surface area contributed by atoms with Gasteiger partial charge in [0, 0.05) is 36.2 Å². The number of anilines is 1. The molecule has 0 aliphatic carbocycles. The summed E-state index contributed by atoms with van der Waals surface area (Å²) in [6, 6.07) is 7.46. The lowest BCUT2D eigenvalue weighted by Gasteiger charge is -2.07. The van der Waals surface area contributed by atoms with Crippen LogP contribution in [-0.4, -0.2) is 25.4 Å². The molecule has 6 nitrogen and oxygen atoms in total. The molecule has 3 rings (SSSR count). The molecule has 0 unspecified atom stereocenters. The maximum absolute atomic E-state index is 12.0. The molecule has 0 saturated carbocycles. The Morgan fingerprint density at radius 2 is 2.10 bits per heavy atom. The minimum atomic E-state index is -0.291. The number of carbonyl (C=O) groups is 1. The predicted molar refractivity (Wildman–Crippen MR) is 73.5 cm³/mol. The summed E-state index contributed by atoms with van der Waals surface area (Å²) in [5, 5.41) is 2.79. The molecule has 0 radical (unpaired) electrons. The topological polar surface area (TPSA) is 72.7 Å². The van der Waals surface area contributed by atoms with Crippen LogP contribution >= 0.6 is 0 Å². The van der Waals surface area contributed by atoms with Gasteiger partial charge in [-0.2, -0.15) is 0 Å². The number of rotatable bonds is 3. The van der Waals surface area contributed by atoms with E-state index in [4.69, 9.17) is 0 Å². The lowest BCUT2D eigenvalue weighted by Crippen LogP contribution is -2.13. The van der Waals surface area contributed by atoms with Crippen LogP contribution in [0.1, 0.15) is 10.5 Å². The summed E-state index contributed by atoms with van der Waals surface area (Å²) in [4.78, 5) is 23.8. The number of nitrogens with zero attached hydrogens (tertiary/aromatic N) is 4. The minimum Gasteiger partial charge on any atom is -0.321 e. The van der Waals surface area contributed by atoms with Crippen molar-refractivity contribution >= 4 is 11.6 Å². The molecule has 1 aromatic carbocycles. The van der Waals surface area contributed by atoms with Crippen molar-refractivity contribution in [3.63, 3.8) is 0 Å². The number of imidazole rings is 1. The van der Waals surface area contributed by atoms with Crippen molar-refractivity contribution < 1.29 is 4.79 Å². The molecule has 1 N–H and O–H groups in total. The number of carbonyl (C=O) groups excluding carboxylic acids is 1. The minimum absolute atomic E-state index is 0.278. The first-order chi connectivity index (χ1) is 9.83. The van der Waals surface area contributed by atoms with Crippen LogP contribution in [0, 0.1) is 0 Å². The molecule has 0 saturated heterocycles. The van der Waals surface area contributed by atoms with Gasteiger partial charge in [-0.1, -0.05) is 6.07 Å². The van der Waals surface area contributed by atoms with Gasteiger partial charge in [0.25, 0.3) is 5.91 Å². The van der Waals surface area contributed by atoms with Gasteiger partial charge in [-0.25, -0.2) is 9.97 Å². The van der Waals surface area contributed by atoms with E-state index in [1.165, 1.54) is 18.6 Å². The number of amides is 1. The molecule has 2 aromatic heterocycles. The number of nitrogens with one attached hydrogen (secondary N) is 1. The third-order valence-corrected chi connectivity index (χ3v) is 2.70. The highest BCUT2D eigenvalue weighted by atomic mass is 16.1. The van der Waals surface area contributed by atoms with Crippen LogP contribution in [0.25, 0.3) is 5.69 Å². The zero-order chi connectivity index (χ0) is 13.8. The fourth-order valence-electron chi connectivity index (χ4n) is 1.77. The smallest absolute Gasteiger partial charge is 0.275 e. The van der Waals surface area contributed by atoms with E-state index in [1.807, 2.05) is 35.0 Å². The lowest BCUT2D eigenvalue weighted by atomic mass is 10.2. The van der Waals surface area contributed by atoms with E-state index in [1.54, 1.807) is 12.5 Å². The fraction of sp³-hybridized carbons (Fsp3) is 0. The molecule has 98 valence electrons. The molecule has 0 spiro atoms. The zero-order valence-electron chi connectivity index (χ0n) is 10.5. The van der Waals surface area contributed by atoms with Gasteiger partial charge in [-0.05, 0) is 18.2 Å². The maximum atomic E-state index is 12.0. The van der Waals surface area contributed by atoms with E-state index in [-0.39, 0.29) is 11.6 Å². The third-order valence-electron chi connectivity index (χ3n) is 2.70. The Morgan fingerprint density at radius 1 is 1.15 bits per heavy atom. The number of aromatic nitrogens is 4. The number of benzene rings is 1. The highest BCUT2D eigenvalue weighted by molar-refractivity contribution is 6.02. The molecule has 0 aliphatic rings. The SMILES string of the molecule is O=C(Nc1cccc(-n2ccnc2)c1)c1cnccn1. The summed E-state index contributed by atoms with van der Waals surface area (Å²) >= 11 is 0. The molecule has 6 heteroatoms. The Kier molecular flexibility index (Phi) is 3.20. The summed E-state index contributed by atoms with van der Waals surface area (Å²) < 4.78 is 1.86. The highest BCUT2D eigenvalue weighted by Gasteiger charge is 2.07. The average molecular weight is 265 g/mol. The van der Waals surface area contributed by atoms with Crippen LogP contribution in [0.15, 0.2) is 61.6 Å². The van der Waals surface area contributed by atoms with E-state index >= 15 is 0 Å². The van der Waals surface area contributed by atoms with Crippen molar-refractivity contribution in [3.05, 3.63) is 67.3 Å². The monoisotopic (exact) mass is 265 g/mol. The highest BCUT2D eigenvalue weighted by Crippen LogP contribution is 2.14. The molecule has 0 bridgehead atoms. The quantitative estimate of drug-likeness (QED) is 0.785. The molecule has 20 heavy (non-hydrogen) atoms. The molecular formula is C14H11N5O. The zero-order valence-corrected chi connectivity index (χ0v) is 10.5. The van der Waals surface area contributed by atoms with Crippen LogP contribution in [0.2, 0.25) is 0 Å². The Balaban J connectivity index is 1.82. The van der Waals surface area contributed by atoms with Crippen LogP contribution in [0.4, 0.5) is 5.69 Å². The van der Waals surface area contributed by atoms with Gasteiger partial charge in [-0.15, -0.1) is 0 Å². The van der Waals surface area contributed by atoms with E-state index in [9.17, 15) is 4.79 Å². The molecule has 0 atom stereocenters. The van der Waals surface area contributed by atoms with Crippen molar-refractivity contribution in [1.29, 1.82) is 0 Å². The first-order valence-corrected chi connectivity index (χ1v) is 5.99. The van der Waals surface area contributed by atoms with Crippen molar-refractivity contribution in [3.8, 4) is 5.69 Å². The fourth-order valence-corrected chi connectivity index (χ4v) is 1.77. The van der Waals surface area contributed by atoms with E-state index in [0.29, 0.717) is 5.69 Å². The second-order valence-electron chi connectivity index (χ2n) is 4.07. The second kappa shape index (κ2) is 5.31. The van der Waals surface area contributed by atoms with Crippen molar-refractivity contribution in [2.75, 3.05) is 5.32 Å². The van der Waals surface area contributed by atoms with Crippen molar-refractivity contribution in [2.24, 2.45) is 0 Å². The van der Waals surface area contributed by atoms with Crippen LogP contribution in [-0.2, 0) is 0 Å². The standard InChI is InChI=1S/C14H11N5O/c20-14(13-9-15-4-5-17-13)18-11-2-1-3-12(8-11)19-7-6-16-10-19/h1-10H,(H,18,20). The summed E-state index contributed by atoms with van der Waals surface area (Å²) in [7, 11) is 0. The third kappa shape index (κ3) is 2.54. The van der Waals surface area contributed by atoms with Gasteiger partial charge < -0.3 is 9.88 Å². The van der Waals surface area contributed by atoms with Gasteiger partial charge in [0.1, 0.15) is 5.69 Å². The van der Waals surface area contributed by atoms with Gasteiger partial charge in [0.05, 0.1) is 12.5 Å². The first-order valence-electron chi connectivity index (χ1n) is 5.99. The molecule has 3 aromatic rings. The summed E-state index contributed by atoms with van der Waals surface area (Å²) in [5.74, 6) is -0.291. The van der Waals surface area contributed by atoms with Gasteiger partial charge in [-0.3, -0.25) is 9.78 Å². The van der Waals surface area contributed by atoms with Crippen LogP contribution < -0.4 is 5.32 Å². The summed E-state index contributed by atoms with van der Waals surface area (Å²) in [6.07, 6.45) is 9.67. The number of hydrogen-bond acceptors (Lipinski definition) is 4. The van der Waals surface area contributed by atoms with Gasteiger partial charge >= 0.3 is 0 Å². The van der Waals surface area contributed by atoms with Crippen LogP contribution in [0.5, 0.6) is 0 Å². The largest absolute Gasteiger partial charge is 0.321 e. The van der Waals surface area contributed by atoms with E-state index in [0.717, 1.165) is 5.69 Å². The van der Waals surface area contributed by atoms with E-state index < -0.39 is 0 Å². The molecule has 2 heterocycles. The Morgan fingerprint density at radius 3 is 2.85 bits per heavy atom. The molecule has 1 amide bonds. The van der Waals surface area contributed by atoms with Crippen molar-refractivity contribution in [2.45, 2.75) is 0 Å². The summed E-state index contributed by atoms with van der Waals surface area (Å²) in [5.41, 5.74) is 1.88. The molecular weight excluding hydrogens is 254 g/mol. The lowest BCUT2D eigenvalue weighted by molar-refractivity contribution is 0.102. The molecule has 0 aliphatic heterocycles. The first kappa shape index (κ1) is 12.0. The van der Waals surface area contributed by atoms with Crippen LogP contribution in [0.3, 0.4) is 0 Å². The number of hydrogen-bond donors (Lipinski definition) is 1. The Labute approximate surface area is 115 Å². The van der Waals surface area contributed by atoms with Crippen molar-refractivity contribution in [1.82, 2.24) is 19.5 Å².